The number of carbonyl (C=O) groups is 2. The van der Waals surface area contributed by atoms with Crippen LogP contribution in [0.1, 0.15) is 22.8 Å². The summed E-state index contributed by atoms with van der Waals surface area (Å²) in [7, 11) is 0. The largest absolute Gasteiger partial charge is 0.507 e. The van der Waals surface area contributed by atoms with E-state index in [1.165, 1.54) is 25.1 Å². The van der Waals surface area contributed by atoms with Crippen molar-refractivity contribution in [2.24, 2.45) is 0 Å². The standard InChI is InChI=1S/C20H17N3O6S/c1-11-5-3-8-15(17(11)24)19(26)29-12(2)18(25)22-20-21-16(10-30-20)13-6-4-7-14(9-13)23(27)28/h3-10,12,24H,1-2H3,(H,21,22,25). The lowest BCUT2D eigenvalue weighted by Gasteiger charge is -2.13. The fourth-order valence-electron chi connectivity index (χ4n) is 2.55. The normalized spacial score (nSPS) is 11.5. The smallest absolute Gasteiger partial charge is 0.342 e. The molecule has 2 aromatic carbocycles. The van der Waals surface area contributed by atoms with Crippen LogP contribution in [-0.4, -0.2) is 33.0 Å². The Kier molecular flexibility index (Phi) is 6.07. The number of nitrogens with zero attached hydrogens (tertiary/aromatic N) is 2. The number of nitro benzene ring substituents is 1. The van der Waals surface area contributed by atoms with Gasteiger partial charge in [-0.1, -0.05) is 24.3 Å². The average Bonchev–Trinajstić information content (AvgIpc) is 3.18. The highest BCUT2D eigenvalue weighted by Gasteiger charge is 2.22. The summed E-state index contributed by atoms with van der Waals surface area (Å²) in [6.45, 7) is 3.04. The Hall–Kier alpha value is -3.79. The molecule has 0 aliphatic heterocycles. The molecule has 9 nitrogen and oxygen atoms in total. The predicted molar refractivity (Wildman–Crippen MR) is 111 cm³/mol. The van der Waals surface area contributed by atoms with Crippen LogP contribution in [0.15, 0.2) is 47.8 Å². The lowest BCUT2D eigenvalue weighted by molar-refractivity contribution is -0.384. The third-order valence-electron chi connectivity index (χ3n) is 4.20. The fraction of sp³-hybridized carbons (Fsp3) is 0.150. The second-order valence-electron chi connectivity index (χ2n) is 6.35. The molecule has 0 aliphatic rings. The zero-order valence-corrected chi connectivity index (χ0v) is 16.8. The van der Waals surface area contributed by atoms with E-state index < -0.39 is 22.9 Å². The van der Waals surface area contributed by atoms with Gasteiger partial charge in [0.1, 0.15) is 11.3 Å². The van der Waals surface area contributed by atoms with Crippen molar-refractivity contribution in [2.45, 2.75) is 20.0 Å². The molecule has 3 aromatic rings. The Labute approximate surface area is 175 Å². The first kappa shape index (κ1) is 20.9. The highest BCUT2D eigenvalue weighted by Crippen LogP contribution is 2.28. The molecule has 1 amide bonds. The van der Waals surface area contributed by atoms with Gasteiger partial charge in [-0.15, -0.1) is 11.3 Å². The van der Waals surface area contributed by atoms with Gasteiger partial charge in [0.2, 0.25) is 0 Å². The first-order valence-corrected chi connectivity index (χ1v) is 9.65. The van der Waals surface area contributed by atoms with E-state index in [2.05, 4.69) is 10.3 Å². The van der Waals surface area contributed by atoms with Gasteiger partial charge in [0.15, 0.2) is 11.2 Å². The van der Waals surface area contributed by atoms with Crippen molar-refractivity contribution < 1.29 is 24.4 Å². The molecule has 0 fully saturated rings. The number of non-ortho nitro benzene ring substituents is 1. The zero-order chi connectivity index (χ0) is 21.8. The molecule has 0 aliphatic carbocycles. The number of aromatic hydroxyl groups is 1. The summed E-state index contributed by atoms with van der Waals surface area (Å²) in [4.78, 5) is 39.2. The van der Waals surface area contributed by atoms with Gasteiger partial charge >= 0.3 is 5.97 Å². The lowest BCUT2D eigenvalue weighted by Crippen LogP contribution is -2.30. The van der Waals surface area contributed by atoms with Crippen molar-refractivity contribution >= 4 is 34.0 Å². The molecule has 0 saturated heterocycles. The molecule has 1 aromatic heterocycles. The molecule has 30 heavy (non-hydrogen) atoms. The van der Waals surface area contributed by atoms with Crippen LogP contribution in [0.4, 0.5) is 10.8 Å². The van der Waals surface area contributed by atoms with Crippen LogP contribution in [0.2, 0.25) is 0 Å². The number of amides is 1. The summed E-state index contributed by atoms with van der Waals surface area (Å²) >= 11 is 1.13. The number of hydrogen-bond donors (Lipinski definition) is 2. The van der Waals surface area contributed by atoms with E-state index in [4.69, 9.17) is 4.74 Å². The predicted octanol–water partition coefficient (Wildman–Crippen LogP) is 3.92. The van der Waals surface area contributed by atoms with Crippen LogP contribution < -0.4 is 5.32 Å². The number of rotatable bonds is 6. The van der Waals surface area contributed by atoms with Crippen molar-refractivity contribution in [1.29, 1.82) is 0 Å². The van der Waals surface area contributed by atoms with Crippen LogP contribution in [-0.2, 0) is 9.53 Å². The van der Waals surface area contributed by atoms with Crippen molar-refractivity contribution in [3.8, 4) is 17.0 Å². The van der Waals surface area contributed by atoms with E-state index in [0.29, 0.717) is 16.8 Å². The minimum Gasteiger partial charge on any atom is -0.507 e. The first-order valence-electron chi connectivity index (χ1n) is 8.77. The van der Waals surface area contributed by atoms with Gasteiger partial charge in [-0.25, -0.2) is 9.78 Å². The van der Waals surface area contributed by atoms with Crippen molar-refractivity contribution in [3.63, 3.8) is 0 Å². The Bertz CT molecular complexity index is 1130. The van der Waals surface area contributed by atoms with Gasteiger partial charge in [-0.2, -0.15) is 0 Å². The van der Waals surface area contributed by atoms with E-state index >= 15 is 0 Å². The molecule has 10 heteroatoms. The van der Waals surface area contributed by atoms with Crippen molar-refractivity contribution in [1.82, 2.24) is 4.98 Å². The molecule has 1 unspecified atom stereocenters. The lowest BCUT2D eigenvalue weighted by atomic mass is 10.1. The molecule has 2 N–H and O–H groups in total. The third-order valence-corrected chi connectivity index (χ3v) is 4.96. The van der Waals surface area contributed by atoms with Crippen LogP contribution >= 0.6 is 11.3 Å². The van der Waals surface area contributed by atoms with E-state index in [0.717, 1.165) is 11.3 Å². The monoisotopic (exact) mass is 427 g/mol. The number of para-hydroxylation sites is 1. The topological polar surface area (TPSA) is 132 Å². The molecule has 154 valence electrons. The van der Waals surface area contributed by atoms with E-state index in [1.54, 1.807) is 36.6 Å². The molecule has 3 rings (SSSR count). The van der Waals surface area contributed by atoms with Crippen molar-refractivity contribution in [2.75, 3.05) is 5.32 Å². The molecule has 1 heterocycles. The number of anilines is 1. The van der Waals surface area contributed by atoms with Gasteiger partial charge < -0.3 is 9.84 Å². The number of phenolic OH excluding ortho intramolecular Hbond substituents is 1. The highest BCUT2D eigenvalue weighted by atomic mass is 32.1. The number of esters is 1. The van der Waals surface area contributed by atoms with Crippen LogP contribution in [0.3, 0.4) is 0 Å². The van der Waals surface area contributed by atoms with Crippen LogP contribution in [0, 0.1) is 17.0 Å². The van der Waals surface area contributed by atoms with E-state index in [9.17, 15) is 24.8 Å². The Morgan fingerprint density at radius 2 is 2.00 bits per heavy atom. The van der Waals surface area contributed by atoms with E-state index in [1.807, 2.05) is 0 Å². The molecule has 0 radical (unpaired) electrons. The van der Waals surface area contributed by atoms with Gasteiger partial charge in [-0.3, -0.25) is 20.2 Å². The molecule has 1 atom stereocenters. The molecule has 0 bridgehead atoms. The Morgan fingerprint density at radius 1 is 1.27 bits per heavy atom. The number of nitro groups is 1. The molecular weight excluding hydrogens is 410 g/mol. The number of aryl methyl sites for hydroxylation is 1. The summed E-state index contributed by atoms with van der Waals surface area (Å²) in [5, 5.41) is 25.3. The number of ether oxygens (including phenoxy) is 1. The second-order valence-corrected chi connectivity index (χ2v) is 7.21. The second kappa shape index (κ2) is 8.70. The number of hydrogen-bond acceptors (Lipinski definition) is 8. The Balaban J connectivity index is 1.66. The van der Waals surface area contributed by atoms with Gasteiger partial charge in [0, 0.05) is 23.1 Å². The highest BCUT2D eigenvalue weighted by molar-refractivity contribution is 7.14. The minimum absolute atomic E-state index is 0.0307. The average molecular weight is 427 g/mol. The number of thiazole rings is 1. The quantitative estimate of drug-likeness (QED) is 0.346. The SMILES string of the molecule is Cc1cccc(C(=O)OC(C)C(=O)Nc2nc(-c3cccc([N+](=O)[O-])c3)cs2)c1O. The minimum atomic E-state index is -1.14. The van der Waals surface area contributed by atoms with Gasteiger partial charge in [-0.05, 0) is 25.5 Å². The summed E-state index contributed by atoms with van der Waals surface area (Å²) in [5.74, 6) is -1.62. The summed E-state index contributed by atoms with van der Waals surface area (Å²) in [6, 6.07) is 10.6. The summed E-state index contributed by atoms with van der Waals surface area (Å²) in [6.07, 6.45) is -1.14. The number of benzene rings is 2. The fourth-order valence-corrected chi connectivity index (χ4v) is 3.27. The number of phenols is 1. The number of nitrogens with one attached hydrogen (secondary N) is 1. The summed E-state index contributed by atoms with van der Waals surface area (Å²) in [5.41, 5.74) is 1.42. The molecular formula is C20H17N3O6S. The maximum atomic E-state index is 12.3. The Morgan fingerprint density at radius 3 is 2.73 bits per heavy atom. The third kappa shape index (κ3) is 4.61. The number of carbonyl (C=O) groups excluding carboxylic acids is 2. The first-order chi connectivity index (χ1) is 14.3. The maximum absolute atomic E-state index is 12.3. The van der Waals surface area contributed by atoms with E-state index in [-0.39, 0.29) is 22.1 Å². The molecule has 0 saturated carbocycles. The van der Waals surface area contributed by atoms with Crippen LogP contribution in [0.25, 0.3) is 11.3 Å². The van der Waals surface area contributed by atoms with Gasteiger partial charge in [0.05, 0.1) is 10.6 Å². The van der Waals surface area contributed by atoms with Gasteiger partial charge in [0.25, 0.3) is 11.6 Å². The summed E-state index contributed by atoms with van der Waals surface area (Å²) < 4.78 is 5.13. The maximum Gasteiger partial charge on any atom is 0.342 e. The van der Waals surface area contributed by atoms with Crippen LogP contribution in [0.5, 0.6) is 5.75 Å². The molecule has 0 spiro atoms. The zero-order valence-electron chi connectivity index (χ0n) is 16.0. The van der Waals surface area contributed by atoms with Crippen molar-refractivity contribution in [3.05, 3.63) is 69.1 Å². The number of aromatic nitrogens is 1.